The number of carbonyl (C=O) groups is 1. The van der Waals surface area contributed by atoms with Crippen molar-refractivity contribution in [3.05, 3.63) is 0 Å². The number of carboxylic acid groups (broad SMARTS) is 1. The zero-order valence-electron chi connectivity index (χ0n) is 10.9. The second-order valence-corrected chi connectivity index (χ2v) is 5.05. The van der Waals surface area contributed by atoms with Gasteiger partial charge in [0.2, 0.25) is 0 Å². The minimum absolute atomic E-state index is 0.0649. The van der Waals surface area contributed by atoms with Crippen LogP contribution in [0.1, 0.15) is 25.7 Å². The monoisotopic (exact) mass is 282 g/mol. The Kier molecular flexibility index (Phi) is 6.57. The van der Waals surface area contributed by atoms with Gasteiger partial charge < -0.3 is 15.3 Å². The van der Waals surface area contributed by atoms with Gasteiger partial charge in [-0.25, -0.2) is 0 Å². The van der Waals surface area contributed by atoms with Crippen molar-refractivity contribution in [2.45, 2.75) is 31.9 Å². The average molecular weight is 282 g/mol. The predicted molar refractivity (Wildman–Crippen MR) is 65.0 cm³/mol. The van der Waals surface area contributed by atoms with E-state index in [2.05, 4.69) is 5.32 Å². The van der Waals surface area contributed by atoms with Crippen LogP contribution in [-0.4, -0.2) is 54.9 Å². The van der Waals surface area contributed by atoms with Crippen molar-refractivity contribution in [3.63, 3.8) is 0 Å². The van der Waals surface area contributed by atoms with Crippen LogP contribution in [0.5, 0.6) is 0 Å². The Morgan fingerprint density at radius 2 is 2.16 bits per heavy atom. The quantitative estimate of drug-likeness (QED) is 0.746. The van der Waals surface area contributed by atoms with E-state index in [1.165, 1.54) is 0 Å². The Morgan fingerprint density at radius 3 is 2.79 bits per heavy atom. The first-order valence-electron chi connectivity index (χ1n) is 6.58. The number of nitrogens with one attached hydrogen (secondary N) is 1. The van der Waals surface area contributed by atoms with Gasteiger partial charge in [-0.2, -0.15) is 13.2 Å². The lowest BCUT2D eigenvalue weighted by Crippen LogP contribution is -2.41. The molecule has 0 amide bonds. The van der Waals surface area contributed by atoms with Crippen LogP contribution in [0.15, 0.2) is 0 Å². The summed E-state index contributed by atoms with van der Waals surface area (Å²) in [7, 11) is 0. The number of alkyl halides is 3. The summed E-state index contributed by atoms with van der Waals surface area (Å²) in [4.78, 5) is 12.4. The van der Waals surface area contributed by atoms with E-state index in [1.807, 2.05) is 4.90 Å². The number of hydrogen-bond acceptors (Lipinski definition) is 3. The lowest BCUT2D eigenvalue weighted by atomic mass is 9.98. The van der Waals surface area contributed by atoms with Crippen molar-refractivity contribution in [2.75, 3.05) is 32.7 Å². The fourth-order valence-corrected chi connectivity index (χ4v) is 2.41. The van der Waals surface area contributed by atoms with Gasteiger partial charge in [0, 0.05) is 13.0 Å². The molecule has 1 atom stereocenters. The van der Waals surface area contributed by atoms with Gasteiger partial charge >= 0.3 is 12.1 Å². The van der Waals surface area contributed by atoms with Crippen LogP contribution in [0.4, 0.5) is 13.2 Å². The Balaban J connectivity index is 2.17. The number of nitrogens with zero attached hydrogens (tertiary/aromatic N) is 1. The number of likely N-dealkylation sites (tertiary alicyclic amines) is 1. The standard InChI is InChI=1S/C12H21F3N2O2/c13-12(14,15)4-2-6-17-5-1-3-10(9-17)7-16-8-11(18)19/h10,16H,1-9H2,(H,18,19). The molecule has 4 nitrogen and oxygen atoms in total. The molecule has 1 unspecified atom stereocenters. The lowest BCUT2D eigenvalue weighted by Gasteiger charge is -2.32. The van der Waals surface area contributed by atoms with Gasteiger partial charge in [-0.3, -0.25) is 4.79 Å². The van der Waals surface area contributed by atoms with Crippen LogP contribution in [0, 0.1) is 5.92 Å². The van der Waals surface area contributed by atoms with E-state index in [4.69, 9.17) is 5.11 Å². The van der Waals surface area contributed by atoms with E-state index < -0.39 is 18.6 Å². The molecule has 0 aromatic rings. The van der Waals surface area contributed by atoms with Crippen molar-refractivity contribution >= 4 is 5.97 Å². The highest BCUT2D eigenvalue weighted by molar-refractivity contribution is 5.68. The molecule has 2 N–H and O–H groups in total. The van der Waals surface area contributed by atoms with Crippen LogP contribution in [0.3, 0.4) is 0 Å². The minimum atomic E-state index is -4.07. The molecule has 1 rings (SSSR count). The molecule has 1 heterocycles. The minimum Gasteiger partial charge on any atom is -0.480 e. The largest absolute Gasteiger partial charge is 0.480 e. The third kappa shape index (κ3) is 8.05. The third-order valence-corrected chi connectivity index (χ3v) is 3.25. The molecule has 7 heteroatoms. The fraction of sp³-hybridized carbons (Fsp3) is 0.917. The van der Waals surface area contributed by atoms with Crippen molar-refractivity contribution in [3.8, 4) is 0 Å². The molecule has 0 saturated carbocycles. The van der Waals surface area contributed by atoms with Gasteiger partial charge in [-0.1, -0.05) is 0 Å². The van der Waals surface area contributed by atoms with Crippen LogP contribution in [0.25, 0.3) is 0 Å². The Morgan fingerprint density at radius 1 is 1.42 bits per heavy atom. The molecule has 1 saturated heterocycles. The number of piperidine rings is 1. The molecule has 0 aromatic carbocycles. The molecule has 1 aliphatic heterocycles. The Hall–Kier alpha value is -0.820. The van der Waals surface area contributed by atoms with E-state index in [0.717, 1.165) is 25.9 Å². The third-order valence-electron chi connectivity index (χ3n) is 3.25. The van der Waals surface area contributed by atoms with E-state index in [9.17, 15) is 18.0 Å². The smallest absolute Gasteiger partial charge is 0.389 e. The highest BCUT2D eigenvalue weighted by Crippen LogP contribution is 2.22. The molecule has 0 aromatic heterocycles. The summed E-state index contributed by atoms with van der Waals surface area (Å²) in [6.45, 7) is 2.61. The van der Waals surface area contributed by atoms with Crippen molar-refractivity contribution in [2.24, 2.45) is 5.92 Å². The fourth-order valence-electron chi connectivity index (χ4n) is 2.41. The van der Waals surface area contributed by atoms with Crippen molar-refractivity contribution in [1.82, 2.24) is 10.2 Å². The maximum Gasteiger partial charge on any atom is 0.389 e. The lowest BCUT2D eigenvalue weighted by molar-refractivity contribution is -0.136. The topological polar surface area (TPSA) is 52.6 Å². The average Bonchev–Trinajstić information content (AvgIpc) is 2.27. The molecule has 0 bridgehead atoms. The van der Waals surface area contributed by atoms with Gasteiger partial charge in [0.1, 0.15) is 0 Å². The van der Waals surface area contributed by atoms with E-state index in [1.54, 1.807) is 0 Å². The Labute approximate surface area is 111 Å². The summed E-state index contributed by atoms with van der Waals surface area (Å²) in [6, 6.07) is 0. The zero-order chi connectivity index (χ0) is 14.3. The molecular weight excluding hydrogens is 261 g/mol. The Bertz CT molecular complexity index is 285. The highest BCUT2D eigenvalue weighted by Gasteiger charge is 2.27. The van der Waals surface area contributed by atoms with Gasteiger partial charge in [-0.05, 0) is 44.8 Å². The summed E-state index contributed by atoms with van der Waals surface area (Å²) in [5.74, 6) is -0.558. The first kappa shape index (κ1) is 16.2. The van der Waals surface area contributed by atoms with Gasteiger partial charge in [0.05, 0.1) is 6.54 Å². The maximum atomic E-state index is 12.0. The molecule has 0 aliphatic carbocycles. The van der Waals surface area contributed by atoms with E-state index in [-0.39, 0.29) is 13.0 Å². The van der Waals surface area contributed by atoms with E-state index >= 15 is 0 Å². The summed E-state index contributed by atoms with van der Waals surface area (Å²) < 4.78 is 36.1. The molecule has 1 aliphatic rings. The number of aliphatic carboxylic acids is 1. The van der Waals surface area contributed by atoms with E-state index in [0.29, 0.717) is 19.0 Å². The number of hydrogen-bond donors (Lipinski definition) is 2. The highest BCUT2D eigenvalue weighted by atomic mass is 19.4. The summed E-state index contributed by atoms with van der Waals surface area (Å²) in [5, 5.41) is 11.4. The molecule has 1 fully saturated rings. The number of carboxylic acids is 1. The first-order chi connectivity index (χ1) is 8.87. The second kappa shape index (κ2) is 7.69. The molecule has 0 spiro atoms. The first-order valence-corrected chi connectivity index (χ1v) is 6.58. The molecule has 112 valence electrons. The predicted octanol–water partition coefficient (Wildman–Crippen LogP) is 1.72. The van der Waals surface area contributed by atoms with Gasteiger partial charge in [-0.15, -0.1) is 0 Å². The second-order valence-electron chi connectivity index (χ2n) is 5.05. The summed E-state index contributed by atoms with van der Waals surface area (Å²) in [5.41, 5.74) is 0. The van der Waals surface area contributed by atoms with Crippen LogP contribution in [-0.2, 0) is 4.79 Å². The molecule has 0 radical (unpaired) electrons. The van der Waals surface area contributed by atoms with Crippen molar-refractivity contribution in [1.29, 1.82) is 0 Å². The van der Waals surface area contributed by atoms with Crippen LogP contribution in [0.2, 0.25) is 0 Å². The van der Waals surface area contributed by atoms with Gasteiger partial charge in [0.25, 0.3) is 0 Å². The maximum absolute atomic E-state index is 12.0. The van der Waals surface area contributed by atoms with Gasteiger partial charge in [0.15, 0.2) is 0 Å². The van der Waals surface area contributed by atoms with Crippen LogP contribution < -0.4 is 5.32 Å². The van der Waals surface area contributed by atoms with Crippen molar-refractivity contribution < 1.29 is 23.1 Å². The normalized spacial score (nSPS) is 21.5. The molecule has 19 heavy (non-hydrogen) atoms. The number of halogens is 3. The number of rotatable bonds is 7. The van der Waals surface area contributed by atoms with Crippen LogP contribution >= 0.6 is 0 Å². The molecular formula is C12H21F3N2O2. The zero-order valence-corrected chi connectivity index (χ0v) is 10.9. The summed E-state index contributed by atoms with van der Waals surface area (Å²) >= 11 is 0. The summed E-state index contributed by atoms with van der Waals surface area (Å²) in [6.07, 6.45) is -2.70. The SMILES string of the molecule is O=C(O)CNCC1CCCN(CCCC(F)(F)F)C1.